The van der Waals surface area contributed by atoms with Crippen molar-refractivity contribution < 1.29 is 13.2 Å². The molecule has 1 unspecified atom stereocenters. The van der Waals surface area contributed by atoms with Gasteiger partial charge < -0.3 is 0 Å². The number of alkyl halides is 3. The summed E-state index contributed by atoms with van der Waals surface area (Å²) < 4.78 is 41.6. The molecule has 2 fully saturated rings. The topological polar surface area (TPSA) is 59.7 Å². The first-order chi connectivity index (χ1) is 16.2. The van der Waals surface area contributed by atoms with Crippen molar-refractivity contribution in [3.05, 3.63) is 59.3 Å². The molecule has 6 nitrogen and oxygen atoms in total. The number of hydrogen-bond acceptors (Lipinski definition) is 5. The molecule has 0 aromatic carbocycles. The Labute approximate surface area is 197 Å². The van der Waals surface area contributed by atoms with Gasteiger partial charge in [-0.05, 0) is 87.7 Å². The molecule has 9 heteroatoms. The molecule has 1 saturated heterocycles. The maximum atomic E-state index is 13.3. The van der Waals surface area contributed by atoms with Crippen LogP contribution in [0.3, 0.4) is 0 Å². The molecule has 3 aromatic rings. The van der Waals surface area contributed by atoms with Gasteiger partial charge in [0.2, 0.25) is 0 Å². The smallest absolute Gasteiger partial charge is 0.297 e. The Bertz CT molecular complexity index is 1150. The SMILES string of the molecule is Cc1nn(C)cc1-c1ccc(CCC2CC23CCN(Cc2ncccc2C(F)(F)F)CC3)nn1. The lowest BCUT2D eigenvalue weighted by molar-refractivity contribution is -0.138. The number of piperidine rings is 1. The lowest BCUT2D eigenvalue weighted by Crippen LogP contribution is -2.35. The standard InChI is InChI=1S/C25H29F3N6/c1-17-20(15-33(2)32-17)22-8-7-19(30-31-22)6-5-18-14-24(18)9-12-34(13-10-24)16-23-21(25(26,27)28)4-3-11-29-23/h3-4,7-8,11,15,18H,5-6,9-10,12-14,16H2,1-2H3. The van der Waals surface area contributed by atoms with Crippen LogP contribution in [0, 0.1) is 18.3 Å². The van der Waals surface area contributed by atoms with E-state index in [2.05, 4.69) is 31.2 Å². The number of aryl methyl sites for hydroxylation is 3. The third-order valence-corrected chi connectivity index (χ3v) is 7.54. The molecule has 0 radical (unpaired) electrons. The van der Waals surface area contributed by atoms with Gasteiger partial charge >= 0.3 is 6.18 Å². The zero-order chi connectivity index (χ0) is 23.9. The molecule has 5 rings (SSSR count). The predicted molar refractivity (Wildman–Crippen MR) is 122 cm³/mol. The van der Waals surface area contributed by atoms with Crippen LogP contribution in [-0.2, 0) is 26.2 Å². The molecule has 1 saturated carbocycles. The first-order valence-corrected chi connectivity index (χ1v) is 11.8. The van der Waals surface area contributed by atoms with E-state index >= 15 is 0 Å². The second-order valence-corrected chi connectivity index (χ2v) is 9.79. The molecular weight excluding hydrogens is 441 g/mol. The van der Waals surface area contributed by atoms with E-state index in [9.17, 15) is 13.2 Å². The van der Waals surface area contributed by atoms with Crippen molar-refractivity contribution in [3.8, 4) is 11.3 Å². The van der Waals surface area contributed by atoms with Gasteiger partial charge in [0, 0.05) is 31.5 Å². The van der Waals surface area contributed by atoms with Gasteiger partial charge in [-0.2, -0.15) is 28.5 Å². The lowest BCUT2D eigenvalue weighted by Gasteiger charge is -2.33. The van der Waals surface area contributed by atoms with Gasteiger partial charge in [0.05, 0.1) is 28.3 Å². The number of halogens is 3. The second-order valence-electron chi connectivity index (χ2n) is 9.79. The van der Waals surface area contributed by atoms with Gasteiger partial charge in [-0.25, -0.2) is 0 Å². The summed E-state index contributed by atoms with van der Waals surface area (Å²) in [4.78, 5) is 6.14. The Hall–Kier alpha value is -2.81. The minimum absolute atomic E-state index is 0.127. The van der Waals surface area contributed by atoms with E-state index in [0.717, 1.165) is 67.5 Å². The van der Waals surface area contributed by atoms with Crippen LogP contribution in [0.2, 0.25) is 0 Å². The van der Waals surface area contributed by atoms with Crippen LogP contribution in [0.15, 0.2) is 36.7 Å². The minimum atomic E-state index is -4.36. The van der Waals surface area contributed by atoms with E-state index in [4.69, 9.17) is 0 Å². The van der Waals surface area contributed by atoms with Gasteiger partial charge in [0.25, 0.3) is 0 Å². The molecule has 1 atom stereocenters. The normalized spacial score (nSPS) is 20.1. The highest BCUT2D eigenvalue weighted by Crippen LogP contribution is 2.61. The van der Waals surface area contributed by atoms with Crippen molar-refractivity contribution in [1.29, 1.82) is 0 Å². The van der Waals surface area contributed by atoms with Crippen LogP contribution < -0.4 is 0 Å². The number of likely N-dealkylation sites (tertiary alicyclic amines) is 1. The molecule has 0 amide bonds. The van der Waals surface area contributed by atoms with Crippen LogP contribution in [0.1, 0.15) is 48.3 Å². The summed E-state index contributed by atoms with van der Waals surface area (Å²) in [6.45, 7) is 3.87. The summed E-state index contributed by atoms with van der Waals surface area (Å²) in [5, 5.41) is 13.2. The minimum Gasteiger partial charge on any atom is -0.297 e. The fraction of sp³-hybridized carbons (Fsp3) is 0.520. The van der Waals surface area contributed by atoms with Crippen molar-refractivity contribution in [2.75, 3.05) is 13.1 Å². The highest BCUT2D eigenvalue weighted by molar-refractivity contribution is 5.60. The molecule has 1 aliphatic carbocycles. The van der Waals surface area contributed by atoms with Crippen LogP contribution in [-0.4, -0.2) is 43.0 Å². The maximum absolute atomic E-state index is 13.3. The van der Waals surface area contributed by atoms with Crippen LogP contribution in [0.25, 0.3) is 11.3 Å². The summed E-state index contributed by atoms with van der Waals surface area (Å²) in [5.41, 5.74) is 3.64. The molecule has 1 aliphatic heterocycles. The fourth-order valence-electron chi connectivity index (χ4n) is 5.45. The zero-order valence-electron chi connectivity index (χ0n) is 19.5. The molecule has 180 valence electrons. The summed E-state index contributed by atoms with van der Waals surface area (Å²) in [5.74, 6) is 0.664. The van der Waals surface area contributed by atoms with Crippen molar-refractivity contribution in [1.82, 2.24) is 29.9 Å². The summed E-state index contributed by atoms with van der Waals surface area (Å²) in [6, 6.07) is 6.54. The quantitative estimate of drug-likeness (QED) is 0.516. The molecule has 34 heavy (non-hydrogen) atoms. The van der Waals surface area contributed by atoms with Gasteiger partial charge in [-0.1, -0.05) is 0 Å². The van der Waals surface area contributed by atoms with Crippen molar-refractivity contribution in [2.24, 2.45) is 18.4 Å². The summed E-state index contributed by atoms with van der Waals surface area (Å²) in [6.07, 6.45) is 4.31. The molecule has 1 spiro atoms. The molecular formula is C25H29F3N6. The summed E-state index contributed by atoms with van der Waals surface area (Å²) >= 11 is 0. The number of aromatic nitrogens is 5. The van der Waals surface area contributed by atoms with E-state index in [0.29, 0.717) is 11.3 Å². The zero-order valence-corrected chi connectivity index (χ0v) is 19.5. The van der Waals surface area contributed by atoms with Crippen molar-refractivity contribution >= 4 is 0 Å². The first-order valence-electron chi connectivity index (χ1n) is 11.8. The maximum Gasteiger partial charge on any atom is 0.418 e. The first kappa shape index (κ1) is 23.0. The Morgan fingerprint density at radius 1 is 1.12 bits per heavy atom. The average molecular weight is 471 g/mol. The third-order valence-electron chi connectivity index (χ3n) is 7.54. The number of hydrogen-bond donors (Lipinski definition) is 0. The highest BCUT2D eigenvalue weighted by atomic mass is 19.4. The lowest BCUT2D eigenvalue weighted by atomic mass is 9.89. The van der Waals surface area contributed by atoms with E-state index in [1.165, 1.54) is 18.7 Å². The molecule has 0 N–H and O–H groups in total. The van der Waals surface area contributed by atoms with Gasteiger partial charge in [0.1, 0.15) is 0 Å². The molecule has 4 heterocycles. The van der Waals surface area contributed by atoms with Gasteiger partial charge in [0.15, 0.2) is 0 Å². The van der Waals surface area contributed by atoms with E-state index in [1.54, 1.807) is 4.68 Å². The monoisotopic (exact) mass is 470 g/mol. The van der Waals surface area contributed by atoms with E-state index in [-0.39, 0.29) is 12.2 Å². The fourth-order valence-corrected chi connectivity index (χ4v) is 5.45. The van der Waals surface area contributed by atoms with Crippen molar-refractivity contribution in [3.63, 3.8) is 0 Å². The average Bonchev–Trinajstić information content (AvgIpc) is 3.37. The largest absolute Gasteiger partial charge is 0.418 e. The molecule has 3 aromatic heterocycles. The van der Waals surface area contributed by atoms with Crippen LogP contribution in [0.5, 0.6) is 0 Å². The number of nitrogens with zero attached hydrogens (tertiary/aromatic N) is 6. The van der Waals surface area contributed by atoms with E-state index < -0.39 is 11.7 Å². The highest BCUT2D eigenvalue weighted by Gasteiger charge is 2.54. The Balaban J connectivity index is 1.12. The molecule has 0 bridgehead atoms. The third kappa shape index (κ3) is 4.71. The predicted octanol–water partition coefficient (Wildman–Crippen LogP) is 4.83. The Kier molecular flexibility index (Phi) is 5.91. The van der Waals surface area contributed by atoms with Crippen LogP contribution in [0.4, 0.5) is 13.2 Å². The van der Waals surface area contributed by atoms with E-state index in [1.807, 2.05) is 26.2 Å². The number of pyridine rings is 1. The second kappa shape index (κ2) is 8.76. The number of rotatable bonds is 6. The molecule has 2 aliphatic rings. The van der Waals surface area contributed by atoms with Gasteiger partial charge in [-0.3, -0.25) is 14.6 Å². The van der Waals surface area contributed by atoms with Gasteiger partial charge in [-0.15, -0.1) is 0 Å². The Morgan fingerprint density at radius 3 is 2.56 bits per heavy atom. The van der Waals surface area contributed by atoms with Crippen molar-refractivity contribution in [2.45, 2.75) is 51.7 Å². The summed E-state index contributed by atoms with van der Waals surface area (Å²) in [7, 11) is 1.90. The van der Waals surface area contributed by atoms with Crippen LogP contribution >= 0.6 is 0 Å². The Morgan fingerprint density at radius 2 is 1.91 bits per heavy atom.